The normalized spacial score (nSPS) is 18.3. The molecule has 5 heteroatoms. The fourth-order valence-corrected chi connectivity index (χ4v) is 2.96. The maximum absolute atomic E-state index is 12.2. The SMILES string of the molecule is CC(Oc1cc(Br)ccc1[C@H](C)N)C(=O)NC1CCCC1. The molecule has 0 spiro atoms. The van der Waals surface area contributed by atoms with Gasteiger partial charge in [-0.25, -0.2) is 0 Å². The number of hydrogen-bond acceptors (Lipinski definition) is 3. The van der Waals surface area contributed by atoms with E-state index < -0.39 is 6.10 Å². The molecule has 2 rings (SSSR count). The number of halogens is 1. The van der Waals surface area contributed by atoms with E-state index in [-0.39, 0.29) is 11.9 Å². The third-order valence-electron chi connectivity index (χ3n) is 3.84. The summed E-state index contributed by atoms with van der Waals surface area (Å²) in [4.78, 5) is 12.2. The molecular formula is C16H23BrN2O2. The van der Waals surface area contributed by atoms with Gasteiger partial charge in [0.05, 0.1) is 0 Å². The quantitative estimate of drug-likeness (QED) is 0.852. The molecule has 21 heavy (non-hydrogen) atoms. The molecule has 0 aromatic heterocycles. The highest BCUT2D eigenvalue weighted by Crippen LogP contribution is 2.28. The standard InChI is InChI=1S/C16H23BrN2O2/c1-10(18)14-8-7-12(17)9-15(14)21-11(2)16(20)19-13-5-3-4-6-13/h7-11,13H,3-6,18H2,1-2H3,(H,19,20)/t10-,11?/m0/s1. The Morgan fingerprint density at radius 2 is 2.05 bits per heavy atom. The van der Waals surface area contributed by atoms with Crippen LogP contribution >= 0.6 is 15.9 Å². The molecule has 1 amide bonds. The van der Waals surface area contributed by atoms with Crippen molar-refractivity contribution in [3.63, 3.8) is 0 Å². The molecule has 0 radical (unpaired) electrons. The maximum atomic E-state index is 12.2. The zero-order chi connectivity index (χ0) is 15.4. The van der Waals surface area contributed by atoms with E-state index in [2.05, 4.69) is 21.2 Å². The molecule has 4 nitrogen and oxygen atoms in total. The van der Waals surface area contributed by atoms with Crippen molar-refractivity contribution in [1.29, 1.82) is 0 Å². The van der Waals surface area contributed by atoms with E-state index in [9.17, 15) is 4.79 Å². The van der Waals surface area contributed by atoms with Crippen LogP contribution in [0.25, 0.3) is 0 Å². The van der Waals surface area contributed by atoms with E-state index in [1.807, 2.05) is 25.1 Å². The Labute approximate surface area is 134 Å². The van der Waals surface area contributed by atoms with Crippen molar-refractivity contribution >= 4 is 21.8 Å². The number of amides is 1. The van der Waals surface area contributed by atoms with Gasteiger partial charge in [-0.2, -0.15) is 0 Å². The minimum Gasteiger partial charge on any atom is -0.481 e. The van der Waals surface area contributed by atoms with Gasteiger partial charge in [0, 0.05) is 22.1 Å². The van der Waals surface area contributed by atoms with Gasteiger partial charge in [0.25, 0.3) is 5.91 Å². The van der Waals surface area contributed by atoms with Gasteiger partial charge in [0.2, 0.25) is 0 Å². The summed E-state index contributed by atoms with van der Waals surface area (Å²) in [7, 11) is 0. The molecule has 0 saturated heterocycles. The second-order valence-corrected chi connectivity index (χ2v) is 6.64. The third kappa shape index (κ3) is 4.45. The predicted molar refractivity (Wildman–Crippen MR) is 87.2 cm³/mol. The number of carbonyl (C=O) groups excluding carboxylic acids is 1. The van der Waals surface area contributed by atoms with Crippen LogP contribution in [0.4, 0.5) is 0 Å². The first kappa shape index (κ1) is 16.3. The van der Waals surface area contributed by atoms with E-state index in [4.69, 9.17) is 10.5 Å². The van der Waals surface area contributed by atoms with Crippen LogP contribution in [-0.4, -0.2) is 18.1 Å². The number of rotatable bonds is 5. The van der Waals surface area contributed by atoms with Crippen molar-refractivity contribution < 1.29 is 9.53 Å². The Hall–Kier alpha value is -1.07. The van der Waals surface area contributed by atoms with Crippen molar-refractivity contribution in [2.24, 2.45) is 5.73 Å². The molecule has 1 aromatic carbocycles. The van der Waals surface area contributed by atoms with Crippen LogP contribution in [-0.2, 0) is 4.79 Å². The first-order valence-corrected chi connectivity index (χ1v) is 8.28. The summed E-state index contributed by atoms with van der Waals surface area (Å²) in [5, 5.41) is 3.06. The summed E-state index contributed by atoms with van der Waals surface area (Å²) >= 11 is 3.42. The number of nitrogens with one attached hydrogen (secondary N) is 1. The Kier molecular flexibility index (Phi) is 5.65. The first-order valence-electron chi connectivity index (χ1n) is 7.49. The first-order chi connectivity index (χ1) is 9.97. The molecule has 0 heterocycles. The number of ether oxygens (including phenoxy) is 1. The summed E-state index contributed by atoms with van der Waals surface area (Å²) in [6.45, 7) is 3.68. The highest BCUT2D eigenvalue weighted by Gasteiger charge is 2.22. The zero-order valence-electron chi connectivity index (χ0n) is 12.6. The Balaban J connectivity index is 2.02. The molecule has 1 aliphatic carbocycles. The Morgan fingerprint density at radius 1 is 1.38 bits per heavy atom. The predicted octanol–water partition coefficient (Wildman–Crippen LogP) is 3.29. The lowest BCUT2D eigenvalue weighted by atomic mass is 10.1. The summed E-state index contributed by atoms with van der Waals surface area (Å²) in [6, 6.07) is 5.87. The second kappa shape index (κ2) is 7.27. The molecule has 0 bridgehead atoms. The number of benzene rings is 1. The van der Waals surface area contributed by atoms with Crippen LogP contribution in [0.5, 0.6) is 5.75 Å². The maximum Gasteiger partial charge on any atom is 0.260 e. The van der Waals surface area contributed by atoms with Gasteiger partial charge in [0.15, 0.2) is 6.10 Å². The van der Waals surface area contributed by atoms with E-state index in [1.165, 1.54) is 12.8 Å². The Bertz CT molecular complexity index is 499. The number of carbonyl (C=O) groups is 1. The fourth-order valence-electron chi connectivity index (χ4n) is 2.62. The molecular weight excluding hydrogens is 332 g/mol. The summed E-state index contributed by atoms with van der Waals surface area (Å²) in [6.07, 6.45) is 4.00. The van der Waals surface area contributed by atoms with Crippen molar-refractivity contribution in [2.75, 3.05) is 0 Å². The average Bonchev–Trinajstić information content (AvgIpc) is 2.91. The van der Waals surface area contributed by atoms with Crippen LogP contribution < -0.4 is 15.8 Å². The highest BCUT2D eigenvalue weighted by molar-refractivity contribution is 9.10. The molecule has 2 atom stereocenters. The molecule has 1 aliphatic rings. The van der Waals surface area contributed by atoms with E-state index in [1.54, 1.807) is 6.92 Å². The Morgan fingerprint density at radius 3 is 2.67 bits per heavy atom. The zero-order valence-corrected chi connectivity index (χ0v) is 14.2. The summed E-state index contributed by atoms with van der Waals surface area (Å²) in [5.41, 5.74) is 6.85. The minimum atomic E-state index is -0.530. The van der Waals surface area contributed by atoms with Gasteiger partial charge in [-0.15, -0.1) is 0 Å². The number of nitrogens with two attached hydrogens (primary N) is 1. The van der Waals surface area contributed by atoms with Gasteiger partial charge in [-0.05, 0) is 38.8 Å². The van der Waals surface area contributed by atoms with Crippen LogP contribution in [0.3, 0.4) is 0 Å². The van der Waals surface area contributed by atoms with Gasteiger partial charge in [-0.1, -0.05) is 34.8 Å². The molecule has 116 valence electrons. The lowest BCUT2D eigenvalue weighted by molar-refractivity contribution is -0.128. The van der Waals surface area contributed by atoms with Crippen LogP contribution in [0.15, 0.2) is 22.7 Å². The van der Waals surface area contributed by atoms with Crippen molar-refractivity contribution in [1.82, 2.24) is 5.32 Å². The summed E-state index contributed by atoms with van der Waals surface area (Å²) < 4.78 is 6.75. The third-order valence-corrected chi connectivity index (χ3v) is 4.33. The molecule has 1 saturated carbocycles. The van der Waals surface area contributed by atoms with Gasteiger partial charge < -0.3 is 15.8 Å². The highest BCUT2D eigenvalue weighted by atomic mass is 79.9. The van der Waals surface area contributed by atoms with Crippen LogP contribution in [0.1, 0.15) is 51.1 Å². The molecule has 1 aromatic rings. The van der Waals surface area contributed by atoms with E-state index in [0.29, 0.717) is 11.8 Å². The topological polar surface area (TPSA) is 64.3 Å². The average molecular weight is 355 g/mol. The molecule has 1 unspecified atom stereocenters. The number of hydrogen-bond donors (Lipinski definition) is 2. The van der Waals surface area contributed by atoms with Crippen LogP contribution in [0, 0.1) is 0 Å². The largest absolute Gasteiger partial charge is 0.481 e. The lowest BCUT2D eigenvalue weighted by Gasteiger charge is -2.20. The molecule has 1 fully saturated rings. The van der Waals surface area contributed by atoms with E-state index in [0.717, 1.165) is 22.9 Å². The van der Waals surface area contributed by atoms with Crippen molar-refractivity contribution in [2.45, 2.75) is 57.7 Å². The van der Waals surface area contributed by atoms with Gasteiger partial charge in [-0.3, -0.25) is 4.79 Å². The lowest BCUT2D eigenvalue weighted by Crippen LogP contribution is -2.41. The smallest absolute Gasteiger partial charge is 0.260 e. The van der Waals surface area contributed by atoms with E-state index >= 15 is 0 Å². The second-order valence-electron chi connectivity index (χ2n) is 5.72. The van der Waals surface area contributed by atoms with Crippen molar-refractivity contribution in [3.8, 4) is 5.75 Å². The fraction of sp³-hybridized carbons (Fsp3) is 0.562. The van der Waals surface area contributed by atoms with Gasteiger partial charge >= 0.3 is 0 Å². The van der Waals surface area contributed by atoms with Gasteiger partial charge in [0.1, 0.15) is 5.75 Å². The molecule has 3 N–H and O–H groups in total. The molecule has 0 aliphatic heterocycles. The van der Waals surface area contributed by atoms with Crippen LogP contribution in [0.2, 0.25) is 0 Å². The monoisotopic (exact) mass is 354 g/mol. The van der Waals surface area contributed by atoms with Crippen molar-refractivity contribution in [3.05, 3.63) is 28.2 Å². The summed E-state index contributed by atoms with van der Waals surface area (Å²) in [5.74, 6) is 0.603. The minimum absolute atomic E-state index is 0.0579.